The fourth-order valence-electron chi connectivity index (χ4n) is 1.62. The molecule has 74 valence electrons. The molecule has 0 spiro atoms. The Morgan fingerprint density at radius 2 is 2.29 bits per heavy atom. The van der Waals surface area contributed by atoms with Gasteiger partial charge in [0.05, 0.1) is 5.56 Å². The average molecular weight is 210 g/mol. The van der Waals surface area contributed by atoms with E-state index in [4.69, 9.17) is 11.6 Å². The number of Topliss-reactive ketones (excluding diaryl/α,β-unsaturated/α-hetero) is 1. The molecule has 0 N–H and O–H groups in total. The van der Waals surface area contributed by atoms with E-state index in [0.717, 1.165) is 24.8 Å². The highest BCUT2D eigenvalue weighted by molar-refractivity contribution is 6.32. The van der Waals surface area contributed by atoms with Gasteiger partial charge in [0.1, 0.15) is 5.15 Å². The monoisotopic (exact) mass is 209 g/mol. The topological polar surface area (TPSA) is 30.0 Å². The molecule has 2 nitrogen and oxygen atoms in total. The normalized spacial score (nSPS) is 16.4. The van der Waals surface area contributed by atoms with Crippen molar-refractivity contribution < 1.29 is 4.79 Å². The number of aryl methyl sites for hydroxylation is 1. The van der Waals surface area contributed by atoms with Crippen LogP contribution < -0.4 is 0 Å². The molecule has 0 amide bonds. The van der Waals surface area contributed by atoms with Crippen molar-refractivity contribution in [2.45, 2.75) is 26.2 Å². The molecule has 0 radical (unpaired) electrons. The molecule has 0 atom stereocenters. The molecule has 0 unspecified atom stereocenters. The van der Waals surface area contributed by atoms with Crippen LogP contribution in [0.1, 0.15) is 35.2 Å². The van der Waals surface area contributed by atoms with Crippen molar-refractivity contribution >= 4 is 17.4 Å². The second-order valence-electron chi connectivity index (χ2n) is 3.84. The quantitative estimate of drug-likeness (QED) is 0.554. The number of ketones is 1. The van der Waals surface area contributed by atoms with E-state index in [-0.39, 0.29) is 11.7 Å². The lowest BCUT2D eigenvalue weighted by molar-refractivity contribution is 0.0855. The number of halogens is 1. The lowest BCUT2D eigenvalue weighted by atomic mass is 9.80. The lowest BCUT2D eigenvalue weighted by Gasteiger charge is -2.24. The SMILES string of the molecule is Cc1cnc(Cl)c(C(=O)C2CCC2)c1. The zero-order chi connectivity index (χ0) is 10.1. The van der Waals surface area contributed by atoms with Crippen LogP contribution in [-0.2, 0) is 0 Å². The third kappa shape index (κ3) is 1.67. The summed E-state index contributed by atoms with van der Waals surface area (Å²) in [4.78, 5) is 15.9. The molecule has 1 fully saturated rings. The number of pyridine rings is 1. The third-order valence-corrected chi connectivity index (χ3v) is 3.02. The molecular formula is C11H12ClNO. The van der Waals surface area contributed by atoms with Gasteiger partial charge in [-0.15, -0.1) is 0 Å². The van der Waals surface area contributed by atoms with Crippen LogP contribution in [0.15, 0.2) is 12.3 Å². The highest BCUT2D eigenvalue weighted by Crippen LogP contribution is 2.31. The predicted molar refractivity (Wildman–Crippen MR) is 55.7 cm³/mol. The van der Waals surface area contributed by atoms with Crippen molar-refractivity contribution in [3.63, 3.8) is 0 Å². The van der Waals surface area contributed by atoms with Gasteiger partial charge < -0.3 is 0 Å². The van der Waals surface area contributed by atoms with Gasteiger partial charge in [0.25, 0.3) is 0 Å². The number of aromatic nitrogens is 1. The zero-order valence-electron chi connectivity index (χ0n) is 8.09. The van der Waals surface area contributed by atoms with Crippen LogP contribution in [0.4, 0.5) is 0 Å². The first-order chi connectivity index (χ1) is 6.68. The van der Waals surface area contributed by atoms with Crippen LogP contribution in [0.5, 0.6) is 0 Å². The number of nitrogens with zero attached hydrogens (tertiary/aromatic N) is 1. The van der Waals surface area contributed by atoms with E-state index in [9.17, 15) is 4.79 Å². The van der Waals surface area contributed by atoms with Gasteiger partial charge in [-0.2, -0.15) is 0 Å². The molecule has 1 saturated carbocycles. The average Bonchev–Trinajstić information content (AvgIpc) is 2.06. The number of rotatable bonds is 2. The molecule has 1 aromatic rings. The van der Waals surface area contributed by atoms with Crippen molar-refractivity contribution in [3.05, 3.63) is 28.5 Å². The Labute approximate surface area is 88.3 Å². The molecular weight excluding hydrogens is 198 g/mol. The maximum Gasteiger partial charge on any atom is 0.169 e. The molecule has 0 bridgehead atoms. The van der Waals surface area contributed by atoms with E-state index in [2.05, 4.69) is 4.98 Å². The highest BCUT2D eigenvalue weighted by atomic mass is 35.5. The van der Waals surface area contributed by atoms with Gasteiger partial charge in [0.2, 0.25) is 0 Å². The standard InChI is InChI=1S/C11H12ClNO/c1-7-5-9(11(12)13-6-7)10(14)8-3-2-4-8/h5-6,8H,2-4H2,1H3. The van der Waals surface area contributed by atoms with Gasteiger partial charge in [-0.05, 0) is 31.4 Å². The van der Waals surface area contributed by atoms with E-state index in [1.165, 1.54) is 0 Å². The zero-order valence-corrected chi connectivity index (χ0v) is 8.84. The summed E-state index contributed by atoms with van der Waals surface area (Å²) in [6.45, 7) is 1.92. The Morgan fingerprint density at radius 1 is 1.57 bits per heavy atom. The van der Waals surface area contributed by atoms with E-state index in [1.54, 1.807) is 6.20 Å². The summed E-state index contributed by atoms with van der Waals surface area (Å²) >= 11 is 5.88. The summed E-state index contributed by atoms with van der Waals surface area (Å²) in [6, 6.07) is 1.83. The number of carbonyl (C=O) groups excluding carboxylic acids is 1. The number of hydrogen-bond acceptors (Lipinski definition) is 2. The van der Waals surface area contributed by atoms with Crippen LogP contribution in [0.2, 0.25) is 5.15 Å². The second kappa shape index (κ2) is 3.70. The minimum atomic E-state index is 0.164. The molecule has 1 aliphatic carbocycles. The van der Waals surface area contributed by atoms with Gasteiger partial charge in [-0.1, -0.05) is 18.0 Å². The molecule has 1 aromatic heterocycles. The Hall–Kier alpha value is -0.890. The first-order valence-electron chi connectivity index (χ1n) is 4.85. The predicted octanol–water partition coefficient (Wildman–Crippen LogP) is 3.03. The molecule has 1 aliphatic rings. The summed E-state index contributed by atoms with van der Waals surface area (Å²) in [7, 11) is 0. The molecule has 0 aromatic carbocycles. The fraction of sp³-hybridized carbons (Fsp3) is 0.455. The van der Waals surface area contributed by atoms with Crippen molar-refractivity contribution in [1.82, 2.24) is 4.98 Å². The molecule has 0 saturated heterocycles. The summed E-state index contributed by atoms with van der Waals surface area (Å²) in [5.41, 5.74) is 1.58. The molecule has 14 heavy (non-hydrogen) atoms. The maximum atomic E-state index is 11.9. The summed E-state index contributed by atoms with van der Waals surface area (Å²) in [6.07, 6.45) is 4.85. The number of carbonyl (C=O) groups is 1. The fourth-order valence-corrected chi connectivity index (χ4v) is 1.81. The second-order valence-corrected chi connectivity index (χ2v) is 4.20. The van der Waals surface area contributed by atoms with Gasteiger partial charge in [0, 0.05) is 12.1 Å². The minimum Gasteiger partial charge on any atom is -0.294 e. The van der Waals surface area contributed by atoms with E-state index in [1.807, 2.05) is 13.0 Å². The Morgan fingerprint density at radius 3 is 2.86 bits per heavy atom. The summed E-state index contributed by atoms with van der Waals surface area (Å²) < 4.78 is 0. The first kappa shape index (κ1) is 9.66. The molecule has 3 heteroatoms. The Kier molecular flexibility index (Phi) is 2.55. The molecule has 0 aliphatic heterocycles. The van der Waals surface area contributed by atoms with E-state index < -0.39 is 0 Å². The van der Waals surface area contributed by atoms with Gasteiger partial charge >= 0.3 is 0 Å². The Balaban J connectivity index is 2.29. The van der Waals surface area contributed by atoms with E-state index in [0.29, 0.717) is 10.7 Å². The van der Waals surface area contributed by atoms with Gasteiger partial charge in [-0.3, -0.25) is 4.79 Å². The van der Waals surface area contributed by atoms with Crippen LogP contribution >= 0.6 is 11.6 Å². The van der Waals surface area contributed by atoms with E-state index >= 15 is 0 Å². The van der Waals surface area contributed by atoms with Gasteiger partial charge in [0.15, 0.2) is 5.78 Å². The third-order valence-electron chi connectivity index (χ3n) is 2.72. The Bertz CT molecular complexity index is 372. The van der Waals surface area contributed by atoms with Crippen LogP contribution in [0.25, 0.3) is 0 Å². The lowest BCUT2D eigenvalue weighted by Crippen LogP contribution is -2.22. The van der Waals surface area contributed by atoms with Crippen LogP contribution in [-0.4, -0.2) is 10.8 Å². The van der Waals surface area contributed by atoms with Crippen molar-refractivity contribution in [1.29, 1.82) is 0 Å². The molecule has 2 rings (SSSR count). The number of hydrogen-bond donors (Lipinski definition) is 0. The smallest absolute Gasteiger partial charge is 0.169 e. The van der Waals surface area contributed by atoms with Crippen molar-refractivity contribution in [2.75, 3.05) is 0 Å². The summed E-state index contributed by atoms with van der Waals surface area (Å²) in [5, 5.41) is 0.340. The van der Waals surface area contributed by atoms with Crippen molar-refractivity contribution in [2.24, 2.45) is 5.92 Å². The van der Waals surface area contributed by atoms with Crippen molar-refractivity contribution in [3.8, 4) is 0 Å². The van der Waals surface area contributed by atoms with Crippen LogP contribution in [0.3, 0.4) is 0 Å². The highest BCUT2D eigenvalue weighted by Gasteiger charge is 2.27. The first-order valence-corrected chi connectivity index (χ1v) is 5.22. The minimum absolute atomic E-state index is 0.164. The maximum absolute atomic E-state index is 11.9. The van der Waals surface area contributed by atoms with Crippen LogP contribution in [0, 0.1) is 12.8 Å². The summed E-state index contributed by atoms with van der Waals surface area (Å²) in [5.74, 6) is 0.355. The molecule has 1 heterocycles. The largest absolute Gasteiger partial charge is 0.294 e. The van der Waals surface area contributed by atoms with Gasteiger partial charge in [-0.25, -0.2) is 4.98 Å².